The van der Waals surface area contributed by atoms with Gasteiger partial charge in [-0.15, -0.1) is 5.10 Å². The van der Waals surface area contributed by atoms with Crippen LogP contribution in [0.4, 0.5) is 0 Å². The highest BCUT2D eigenvalue weighted by Crippen LogP contribution is 2.10. The summed E-state index contributed by atoms with van der Waals surface area (Å²) in [5, 5.41) is 8.22. The van der Waals surface area contributed by atoms with Crippen LogP contribution in [0.25, 0.3) is 11.0 Å². The molecule has 2 aromatic heterocycles. The van der Waals surface area contributed by atoms with Crippen molar-refractivity contribution in [3.63, 3.8) is 0 Å². The van der Waals surface area contributed by atoms with Gasteiger partial charge in [0.2, 0.25) is 0 Å². The molecule has 0 N–H and O–H groups in total. The number of rotatable bonds is 2. The topological polar surface area (TPSA) is 43.6 Å². The van der Waals surface area contributed by atoms with Gasteiger partial charge in [-0.3, -0.25) is 4.98 Å². The molecule has 4 heteroatoms. The summed E-state index contributed by atoms with van der Waals surface area (Å²) in [4.78, 5) is 4.27. The fourth-order valence-electron chi connectivity index (χ4n) is 1.68. The van der Waals surface area contributed by atoms with Gasteiger partial charge in [0.05, 0.1) is 17.8 Å². The lowest BCUT2D eigenvalue weighted by atomic mass is 10.3. The van der Waals surface area contributed by atoms with Gasteiger partial charge in [-0.2, -0.15) is 0 Å². The van der Waals surface area contributed by atoms with Crippen molar-refractivity contribution >= 4 is 11.0 Å². The Morgan fingerprint density at radius 1 is 1.00 bits per heavy atom. The summed E-state index contributed by atoms with van der Waals surface area (Å²) in [5.41, 5.74) is 2.93. The lowest BCUT2D eigenvalue weighted by molar-refractivity contribution is 0.658. The maximum atomic E-state index is 4.27. The van der Waals surface area contributed by atoms with E-state index in [1.807, 2.05) is 47.1 Å². The molecule has 0 fully saturated rings. The Bertz CT molecular complexity index is 600. The molecule has 0 saturated carbocycles. The van der Waals surface area contributed by atoms with Gasteiger partial charge >= 0.3 is 0 Å². The molecule has 0 bridgehead atoms. The smallest absolute Gasteiger partial charge is 0.113 e. The Morgan fingerprint density at radius 2 is 1.88 bits per heavy atom. The van der Waals surface area contributed by atoms with Crippen LogP contribution in [0, 0.1) is 0 Å². The van der Waals surface area contributed by atoms with Crippen molar-refractivity contribution in [2.45, 2.75) is 6.54 Å². The third-order valence-electron chi connectivity index (χ3n) is 2.46. The quantitative estimate of drug-likeness (QED) is 0.648. The number of aromatic nitrogens is 4. The highest BCUT2D eigenvalue weighted by atomic mass is 15.4. The molecule has 16 heavy (non-hydrogen) atoms. The van der Waals surface area contributed by atoms with Crippen LogP contribution < -0.4 is 0 Å². The number of para-hydroxylation sites is 1. The fraction of sp³-hybridized carbons (Fsp3) is 0.0833. The van der Waals surface area contributed by atoms with E-state index in [-0.39, 0.29) is 0 Å². The van der Waals surface area contributed by atoms with Gasteiger partial charge in [0.1, 0.15) is 5.52 Å². The van der Waals surface area contributed by atoms with Crippen molar-refractivity contribution < 1.29 is 0 Å². The minimum absolute atomic E-state index is 0.654. The minimum atomic E-state index is 0.654. The van der Waals surface area contributed by atoms with E-state index >= 15 is 0 Å². The molecule has 1 aromatic carbocycles. The lowest BCUT2D eigenvalue weighted by Gasteiger charge is -2.00. The summed E-state index contributed by atoms with van der Waals surface area (Å²) in [7, 11) is 0. The molecule has 0 aliphatic carbocycles. The van der Waals surface area contributed by atoms with Crippen LogP contribution in [0.5, 0.6) is 0 Å². The largest absolute Gasteiger partial charge is 0.259 e. The molecule has 0 aliphatic rings. The van der Waals surface area contributed by atoms with Gasteiger partial charge in [0.15, 0.2) is 0 Å². The summed E-state index contributed by atoms with van der Waals surface area (Å²) in [5.74, 6) is 0. The summed E-state index contributed by atoms with van der Waals surface area (Å²) < 4.78 is 1.86. The van der Waals surface area contributed by atoms with Crippen LogP contribution in [0.1, 0.15) is 5.69 Å². The van der Waals surface area contributed by atoms with E-state index in [0.717, 1.165) is 16.7 Å². The summed E-state index contributed by atoms with van der Waals surface area (Å²) in [6.07, 6.45) is 1.79. The average molecular weight is 210 g/mol. The standard InChI is InChI=1S/C12H10N4/c1-2-7-12-11(6-1)14-15-16(12)9-10-5-3-4-8-13-10/h1-8H,9H2. The summed E-state index contributed by atoms with van der Waals surface area (Å²) in [6, 6.07) is 13.8. The van der Waals surface area contributed by atoms with E-state index in [1.54, 1.807) is 6.20 Å². The monoisotopic (exact) mass is 210 g/mol. The first-order valence-corrected chi connectivity index (χ1v) is 5.11. The van der Waals surface area contributed by atoms with E-state index in [2.05, 4.69) is 15.3 Å². The Hall–Kier alpha value is -2.23. The predicted octanol–water partition coefficient (Wildman–Crippen LogP) is 1.87. The van der Waals surface area contributed by atoms with Gasteiger partial charge in [-0.1, -0.05) is 23.4 Å². The fourth-order valence-corrected chi connectivity index (χ4v) is 1.68. The SMILES string of the molecule is c1ccc(Cn2nnc3ccccc32)nc1. The molecule has 0 unspecified atom stereocenters. The van der Waals surface area contributed by atoms with Crippen LogP contribution in [-0.2, 0) is 6.54 Å². The molecular formula is C12H10N4. The first-order valence-electron chi connectivity index (χ1n) is 5.11. The zero-order valence-electron chi connectivity index (χ0n) is 8.61. The van der Waals surface area contributed by atoms with E-state index in [4.69, 9.17) is 0 Å². The summed E-state index contributed by atoms with van der Waals surface area (Å²) in [6.45, 7) is 0.654. The van der Waals surface area contributed by atoms with Crippen molar-refractivity contribution in [2.75, 3.05) is 0 Å². The third kappa shape index (κ3) is 1.54. The number of pyridine rings is 1. The number of hydrogen-bond acceptors (Lipinski definition) is 3. The molecule has 0 spiro atoms. The molecule has 3 aromatic rings. The second kappa shape index (κ2) is 3.73. The maximum absolute atomic E-state index is 4.27. The van der Waals surface area contributed by atoms with Crippen molar-refractivity contribution in [3.05, 3.63) is 54.4 Å². The van der Waals surface area contributed by atoms with Crippen LogP contribution in [0.2, 0.25) is 0 Å². The van der Waals surface area contributed by atoms with Gasteiger partial charge in [-0.25, -0.2) is 4.68 Å². The predicted molar refractivity (Wildman–Crippen MR) is 60.9 cm³/mol. The van der Waals surface area contributed by atoms with Crippen LogP contribution >= 0.6 is 0 Å². The summed E-state index contributed by atoms with van der Waals surface area (Å²) >= 11 is 0. The first kappa shape index (κ1) is 9.03. The molecule has 0 aliphatic heterocycles. The Kier molecular flexibility index (Phi) is 2.11. The van der Waals surface area contributed by atoms with Crippen molar-refractivity contribution in [1.29, 1.82) is 0 Å². The molecule has 4 nitrogen and oxygen atoms in total. The normalized spacial score (nSPS) is 10.8. The van der Waals surface area contributed by atoms with E-state index in [0.29, 0.717) is 6.54 Å². The Morgan fingerprint density at radius 3 is 2.75 bits per heavy atom. The van der Waals surface area contributed by atoms with E-state index < -0.39 is 0 Å². The Balaban J connectivity index is 2.01. The molecule has 0 atom stereocenters. The molecule has 2 heterocycles. The van der Waals surface area contributed by atoms with Crippen LogP contribution in [0.3, 0.4) is 0 Å². The van der Waals surface area contributed by atoms with Gasteiger partial charge < -0.3 is 0 Å². The zero-order valence-corrected chi connectivity index (χ0v) is 8.61. The number of fused-ring (bicyclic) bond motifs is 1. The highest BCUT2D eigenvalue weighted by molar-refractivity contribution is 5.73. The van der Waals surface area contributed by atoms with Crippen molar-refractivity contribution in [3.8, 4) is 0 Å². The minimum Gasteiger partial charge on any atom is -0.259 e. The number of hydrogen-bond donors (Lipinski definition) is 0. The second-order valence-corrected chi connectivity index (χ2v) is 3.56. The molecule has 0 saturated heterocycles. The zero-order chi connectivity index (χ0) is 10.8. The number of nitrogens with zero attached hydrogens (tertiary/aromatic N) is 4. The highest BCUT2D eigenvalue weighted by Gasteiger charge is 2.03. The molecular weight excluding hydrogens is 200 g/mol. The third-order valence-corrected chi connectivity index (χ3v) is 2.46. The van der Waals surface area contributed by atoms with Crippen molar-refractivity contribution in [1.82, 2.24) is 20.0 Å². The van der Waals surface area contributed by atoms with Crippen LogP contribution in [0.15, 0.2) is 48.7 Å². The maximum Gasteiger partial charge on any atom is 0.113 e. The molecule has 0 radical (unpaired) electrons. The van der Waals surface area contributed by atoms with Crippen molar-refractivity contribution in [2.24, 2.45) is 0 Å². The van der Waals surface area contributed by atoms with Crippen LogP contribution in [-0.4, -0.2) is 20.0 Å². The first-order chi connectivity index (χ1) is 7.93. The van der Waals surface area contributed by atoms with E-state index in [1.165, 1.54) is 0 Å². The molecule has 3 rings (SSSR count). The van der Waals surface area contributed by atoms with Gasteiger partial charge in [0.25, 0.3) is 0 Å². The second-order valence-electron chi connectivity index (χ2n) is 3.56. The Labute approximate surface area is 92.6 Å². The lowest BCUT2D eigenvalue weighted by Crippen LogP contribution is -2.03. The van der Waals surface area contributed by atoms with Gasteiger partial charge in [-0.05, 0) is 24.3 Å². The number of benzene rings is 1. The van der Waals surface area contributed by atoms with Gasteiger partial charge in [0, 0.05) is 6.20 Å². The average Bonchev–Trinajstić information content (AvgIpc) is 2.74. The molecule has 0 amide bonds. The van der Waals surface area contributed by atoms with E-state index in [9.17, 15) is 0 Å². The molecule has 78 valence electrons.